The standard InChI is InChI=1S/C21H17N3O/c1-2-7-15-13-16(12-14(15)6-1)22-20-17-8-3-4-9-18(17)23-21(24-20)19-10-5-11-25-19/h1-11,16H,12-13H2,(H,22,23,24). The lowest BCUT2D eigenvalue weighted by Gasteiger charge is -2.15. The molecule has 0 bridgehead atoms. The SMILES string of the molecule is c1coc(-c2nc(NC3Cc4ccccc4C3)c3ccccc3n2)c1. The van der Waals surface area contributed by atoms with E-state index in [1.54, 1.807) is 6.26 Å². The first-order valence-corrected chi connectivity index (χ1v) is 8.51. The van der Waals surface area contributed by atoms with Crippen molar-refractivity contribution in [1.82, 2.24) is 9.97 Å². The van der Waals surface area contributed by atoms with Crippen LogP contribution >= 0.6 is 0 Å². The summed E-state index contributed by atoms with van der Waals surface area (Å²) in [6.45, 7) is 0. The zero-order valence-corrected chi connectivity index (χ0v) is 13.6. The molecule has 0 fully saturated rings. The van der Waals surface area contributed by atoms with Gasteiger partial charge in [-0.3, -0.25) is 0 Å². The van der Waals surface area contributed by atoms with E-state index in [1.807, 2.05) is 30.3 Å². The Labute approximate surface area is 145 Å². The van der Waals surface area contributed by atoms with Gasteiger partial charge in [0.25, 0.3) is 0 Å². The number of nitrogens with zero attached hydrogens (tertiary/aromatic N) is 2. The molecule has 4 heteroatoms. The summed E-state index contributed by atoms with van der Waals surface area (Å²) in [6, 6.07) is 20.8. The highest BCUT2D eigenvalue weighted by Crippen LogP contribution is 2.29. The predicted molar refractivity (Wildman–Crippen MR) is 98.5 cm³/mol. The summed E-state index contributed by atoms with van der Waals surface area (Å²) in [5.74, 6) is 2.17. The van der Waals surface area contributed by atoms with Gasteiger partial charge in [0, 0.05) is 11.4 Å². The summed E-state index contributed by atoms with van der Waals surface area (Å²) in [5, 5.41) is 4.68. The molecule has 1 aliphatic carbocycles. The van der Waals surface area contributed by atoms with Crippen LogP contribution in [0.15, 0.2) is 71.3 Å². The average molecular weight is 327 g/mol. The van der Waals surface area contributed by atoms with Crippen LogP contribution in [0.25, 0.3) is 22.5 Å². The maximum Gasteiger partial charge on any atom is 0.198 e. The molecule has 0 aliphatic heterocycles. The average Bonchev–Trinajstić information content (AvgIpc) is 3.31. The van der Waals surface area contributed by atoms with Gasteiger partial charge in [-0.2, -0.15) is 0 Å². The maximum atomic E-state index is 5.49. The van der Waals surface area contributed by atoms with Crippen molar-refractivity contribution < 1.29 is 4.42 Å². The Morgan fingerprint density at radius 3 is 2.36 bits per heavy atom. The van der Waals surface area contributed by atoms with Crippen molar-refractivity contribution in [3.63, 3.8) is 0 Å². The lowest BCUT2D eigenvalue weighted by molar-refractivity contribution is 0.577. The molecule has 0 atom stereocenters. The Morgan fingerprint density at radius 2 is 1.60 bits per heavy atom. The molecule has 5 rings (SSSR count). The first kappa shape index (κ1) is 14.2. The van der Waals surface area contributed by atoms with Gasteiger partial charge in [0.15, 0.2) is 11.6 Å². The van der Waals surface area contributed by atoms with Gasteiger partial charge in [-0.05, 0) is 48.2 Å². The van der Waals surface area contributed by atoms with E-state index in [0.29, 0.717) is 17.6 Å². The summed E-state index contributed by atoms with van der Waals surface area (Å²) < 4.78 is 5.49. The summed E-state index contributed by atoms with van der Waals surface area (Å²) in [6.07, 6.45) is 3.68. The fourth-order valence-corrected chi connectivity index (χ4v) is 3.56. The Morgan fingerprint density at radius 1 is 0.840 bits per heavy atom. The van der Waals surface area contributed by atoms with E-state index >= 15 is 0 Å². The second-order valence-corrected chi connectivity index (χ2v) is 6.41. The van der Waals surface area contributed by atoms with E-state index in [4.69, 9.17) is 9.40 Å². The van der Waals surface area contributed by atoms with Crippen molar-refractivity contribution in [1.29, 1.82) is 0 Å². The highest BCUT2D eigenvalue weighted by atomic mass is 16.3. The second-order valence-electron chi connectivity index (χ2n) is 6.41. The van der Waals surface area contributed by atoms with Gasteiger partial charge in [0.1, 0.15) is 5.82 Å². The first-order chi connectivity index (χ1) is 12.4. The Hall–Kier alpha value is -3.14. The molecule has 1 N–H and O–H groups in total. The number of anilines is 1. The molecule has 0 saturated carbocycles. The van der Waals surface area contributed by atoms with E-state index in [9.17, 15) is 0 Å². The number of benzene rings is 2. The van der Waals surface area contributed by atoms with Crippen LogP contribution in [0, 0.1) is 0 Å². The van der Waals surface area contributed by atoms with Crippen molar-refractivity contribution in [3.05, 3.63) is 78.1 Å². The third kappa shape index (κ3) is 2.56. The molecular weight excluding hydrogens is 310 g/mol. The largest absolute Gasteiger partial charge is 0.461 e. The number of hydrogen-bond acceptors (Lipinski definition) is 4. The van der Waals surface area contributed by atoms with Crippen molar-refractivity contribution in [2.45, 2.75) is 18.9 Å². The normalized spacial score (nSPS) is 13.9. The Bertz CT molecular complexity index is 1020. The van der Waals surface area contributed by atoms with Crippen LogP contribution in [0.3, 0.4) is 0 Å². The Balaban J connectivity index is 1.54. The quantitative estimate of drug-likeness (QED) is 0.603. The van der Waals surface area contributed by atoms with Crippen molar-refractivity contribution in [2.24, 2.45) is 0 Å². The van der Waals surface area contributed by atoms with Crippen LogP contribution in [0.4, 0.5) is 5.82 Å². The summed E-state index contributed by atoms with van der Waals surface area (Å²) >= 11 is 0. The molecule has 1 aliphatic rings. The molecule has 4 aromatic rings. The van der Waals surface area contributed by atoms with Gasteiger partial charge in [-0.25, -0.2) is 9.97 Å². The van der Waals surface area contributed by atoms with E-state index in [1.165, 1.54) is 11.1 Å². The number of furan rings is 1. The maximum absolute atomic E-state index is 5.49. The molecule has 2 aromatic heterocycles. The minimum Gasteiger partial charge on any atom is -0.461 e. The molecule has 0 amide bonds. The molecule has 0 spiro atoms. The number of rotatable bonds is 3. The van der Waals surface area contributed by atoms with E-state index in [-0.39, 0.29) is 0 Å². The highest BCUT2D eigenvalue weighted by Gasteiger charge is 2.22. The van der Waals surface area contributed by atoms with Crippen molar-refractivity contribution >= 4 is 16.7 Å². The molecule has 0 saturated heterocycles. The molecule has 2 heterocycles. The summed E-state index contributed by atoms with van der Waals surface area (Å²) in [5.41, 5.74) is 3.76. The minimum absolute atomic E-state index is 0.347. The van der Waals surface area contributed by atoms with Crippen LogP contribution < -0.4 is 5.32 Å². The fourth-order valence-electron chi connectivity index (χ4n) is 3.56. The molecule has 122 valence electrons. The highest BCUT2D eigenvalue weighted by molar-refractivity contribution is 5.90. The molecule has 2 aromatic carbocycles. The fraction of sp³-hybridized carbons (Fsp3) is 0.143. The van der Waals surface area contributed by atoms with Gasteiger partial charge in [-0.1, -0.05) is 36.4 Å². The molecule has 25 heavy (non-hydrogen) atoms. The van der Waals surface area contributed by atoms with Crippen molar-refractivity contribution in [2.75, 3.05) is 5.32 Å². The lowest BCUT2D eigenvalue weighted by atomic mass is 10.1. The third-order valence-electron chi connectivity index (χ3n) is 4.74. The second kappa shape index (κ2) is 5.74. The van der Waals surface area contributed by atoms with Gasteiger partial charge < -0.3 is 9.73 Å². The summed E-state index contributed by atoms with van der Waals surface area (Å²) in [7, 11) is 0. The Kier molecular flexibility index (Phi) is 3.27. The number of para-hydroxylation sites is 1. The molecule has 0 unspecified atom stereocenters. The topological polar surface area (TPSA) is 51.0 Å². The van der Waals surface area contributed by atoms with Crippen molar-refractivity contribution in [3.8, 4) is 11.6 Å². The molecule has 4 nitrogen and oxygen atoms in total. The third-order valence-corrected chi connectivity index (χ3v) is 4.74. The zero-order chi connectivity index (χ0) is 16.6. The molecule has 0 radical (unpaired) electrons. The predicted octanol–water partition coefficient (Wildman–Crippen LogP) is 4.47. The van der Waals surface area contributed by atoms with Crippen LogP contribution in [-0.4, -0.2) is 16.0 Å². The summed E-state index contributed by atoms with van der Waals surface area (Å²) in [4.78, 5) is 9.40. The van der Waals surface area contributed by atoms with E-state index in [0.717, 1.165) is 29.6 Å². The van der Waals surface area contributed by atoms with E-state index < -0.39 is 0 Å². The monoisotopic (exact) mass is 327 g/mol. The van der Waals surface area contributed by atoms with Crippen LogP contribution in [0.5, 0.6) is 0 Å². The lowest BCUT2D eigenvalue weighted by Crippen LogP contribution is -2.20. The van der Waals surface area contributed by atoms with Gasteiger partial charge in [0.05, 0.1) is 11.8 Å². The van der Waals surface area contributed by atoms with Crippen LogP contribution in [-0.2, 0) is 12.8 Å². The number of aromatic nitrogens is 2. The smallest absolute Gasteiger partial charge is 0.198 e. The van der Waals surface area contributed by atoms with E-state index in [2.05, 4.69) is 40.6 Å². The van der Waals surface area contributed by atoms with Crippen LogP contribution in [0.1, 0.15) is 11.1 Å². The number of nitrogens with one attached hydrogen (secondary N) is 1. The van der Waals surface area contributed by atoms with Crippen LogP contribution in [0.2, 0.25) is 0 Å². The minimum atomic E-state index is 0.347. The number of fused-ring (bicyclic) bond motifs is 2. The number of hydrogen-bond donors (Lipinski definition) is 1. The molecular formula is C21H17N3O. The van der Waals surface area contributed by atoms with Gasteiger partial charge >= 0.3 is 0 Å². The van der Waals surface area contributed by atoms with Gasteiger partial charge in [0.2, 0.25) is 0 Å². The zero-order valence-electron chi connectivity index (χ0n) is 13.6. The van der Waals surface area contributed by atoms with Gasteiger partial charge in [-0.15, -0.1) is 0 Å². The first-order valence-electron chi connectivity index (χ1n) is 8.51.